The SMILES string of the molecule is Fc1cc(Cn2nnc(-c3ccc4cnccc4c3)n2)ccc1-c1nnc(C(F)F)o1. The van der Waals surface area contributed by atoms with Crippen molar-refractivity contribution in [2.75, 3.05) is 0 Å². The molecule has 8 nitrogen and oxygen atoms in total. The summed E-state index contributed by atoms with van der Waals surface area (Å²) in [5.41, 5.74) is 1.27. The number of benzene rings is 2. The Hall–Kier alpha value is -4.15. The average molecular weight is 423 g/mol. The summed E-state index contributed by atoms with van der Waals surface area (Å²) in [7, 11) is 0. The Labute approximate surface area is 172 Å². The van der Waals surface area contributed by atoms with Gasteiger partial charge in [0.1, 0.15) is 5.82 Å². The van der Waals surface area contributed by atoms with Crippen LogP contribution in [-0.2, 0) is 6.54 Å². The first kappa shape index (κ1) is 18.9. The van der Waals surface area contributed by atoms with E-state index in [1.165, 1.54) is 16.9 Å². The van der Waals surface area contributed by atoms with Crippen LogP contribution in [-0.4, -0.2) is 35.4 Å². The van der Waals surface area contributed by atoms with Gasteiger partial charge in [-0.1, -0.05) is 18.2 Å². The number of rotatable bonds is 5. The van der Waals surface area contributed by atoms with E-state index in [1.54, 1.807) is 18.5 Å². The molecule has 3 aromatic heterocycles. The quantitative estimate of drug-likeness (QED) is 0.421. The lowest BCUT2D eigenvalue weighted by Crippen LogP contribution is -2.04. The highest BCUT2D eigenvalue weighted by Gasteiger charge is 2.19. The lowest BCUT2D eigenvalue weighted by atomic mass is 10.1. The van der Waals surface area contributed by atoms with Gasteiger partial charge in [0.15, 0.2) is 0 Å². The van der Waals surface area contributed by atoms with E-state index in [-0.39, 0.29) is 18.0 Å². The molecule has 0 aliphatic rings. The van der Waals surface area contributed by atoms with E-state index in [1.807, 2.05) is 24.3 Å². The Morgan fingerprint density at radius 2 is 1.87 bits per heavy atom. The first-order chi connectivity index (χ1) is 15.1. The van der Waals surface area contributed by atoms with Crippen molar-refractivity contribution in [1.29, 1.82) is 0 Å². The van der Waals surface area contributed by atoms with Crippen molar-refractivity contribution in [2.24, 2.45) is 0 Å². The smallest absolute Gasteiger partial charge is 0.314 e. The number of aromatic nitrogens is 7. The molecule has 0 saturated carbocycles. The molecule has 0 aliphatic heterocycles. The van der Waals surface area contributed by atoms with Crippen molar-refractivity contribution in [3.05, 3.63) is 72.1 Å². The minimum atomic E-state index is -2.92. The maximum absolute atomic E-state index is 14.5. The highest BCUT2D eigenvalue weighted by Crippen LogP contribution is 2.26. The Bertz CT molecular complexity index is 1380. The second-order valence-electron chi connectivity index (χ2n) is 6.64. The molecule has 0 spiro atoms. The van der Waals surface area contributed by atoms with Crippen LogP contribution in [0.5, 0.6) is 0 Å². The molecule has 0 N–H and O–H groups in total. The molecule has 0 bridgehead atoms. The van der Waals surface area contributed by atoms with Crippen LogP contribution in [0.4, 0.5) is 13.2 Å². The molecule has 0 radical (unpaired) electrons. The Balaban J connectivity index is 1.36. The van der Waals surface area contributed by atoms with Crippen molar-refractivity contribution in [3.63, 3.8) is 0 Å². The zero-order chi connectivity index (χ0) is 21.4. The Morgan fingerprint density at radius 3 is 2.68 bits per heavy atom. The van der Waals surface area contributed by atoms with Crippen LogP contribution in [0.1, 0.15) is 17.9 Å². The summed E-state index contributed by atoms with van der Waals surface area (Å²) in [5, 5.41) is 21.1. The van der Waals surface area contributed by atoms with Gasteiger partial charge in [-0.15, -0.1) is 20.4 Å². The van der Waals surface area contributed by atoms with Crippen LogP contribution < -0.4 is 0 Å². The molecule has 31 heavy (non-hydrogen) atoms. The van der Waals surface area contributed by atoms with Crippen LogP contribution in [0.25, 0.3) is 33.6 Å². The third kappa shape index (κ3) is 3.72. The predicted molar refractivity (Wildman–Crippen MR) is 102 cm³/mol. The van der Waals surface area contributed by atoms with Crippen molar-refractivity contribution >= 4 is 10.8 Å². The van der Waals surface area contributed by atoms with Crippen molar-refractivity contribution in [3.8, 4) is 22.8 Å². The zero-order valence-corrected chi connectivity index (χ0v) is 15.7. The van der Waals surface area contributed by atoms with Gasteiger partial charge in [-0.3, -0.25) is 4.98 Å². The molecule has 11 heteroatoms. The number of hydrogen-bond donors (Lipinski definition) is 0. The summed E-state index contributed by atoms with van der Waals surface area (Å²) in [4.78, 5) is 5.42. The number of tetrazole rings is 1. The zero-order valence-electron chi connectivity index (χ0n) is 15.7. The van der Waals surface area contributed by atoms with Crippen LogP contribution in [0.15, 0.2) is 59.3 Å². The number of fused-ring (bicyclic) bond motifs is 1. The van der Waals surface area contributed by atoms with E-state index >= 15 is 0 Å². The average Bonchev–Trinajstić information content (AvgIpc) is 3.44. The van der Waals surface area contributed by atoms with Gasteiger partial charge in [0, 0.05) is 23.3 Å². The van der Waals surface area contributed by atoms with Gasteiger partial charge in [0.05, 0.1) is 12.1 Å². The molecule has 0 unspecified atom stereocenters. The topological polar surface area (TPSA) is 95.4 Å². The van der Waals surface area contributed by atoms with Gasteiger partial charge in [-0.2, -0.15) is 13.6 Å². The van der Waals surface area contributed by atoms with Crippen molar-refractivity contribution in [2.45, 2.75) is 13.0 Å². The molecule has 0 fully saturated rings. The van der Waals surface area contributed by atoms with Crippen LogP contribution in [0, 0.1) is 5.82 Å². The molecular weight excluding hydrogens is 411 g/mol. The molecule has 3 heterocycles. The van der Waals surface area contributed by atoms with Gasteiger partial charge in [0.2, 0.25) is 5.82 Å². The maximum Gasteiger partial charge on any atom is 0.314 e. The molecule has 0 atom stereocenters. The minimum Gasteiger partial charge on any atom is -0.415 e. The van der Waals surface area contributed by atoms with E-state index in [0.29, 0.717) is 11.4 Å². The van der Waals surface area contributed by atoms with E-state index in [0.717, 1.165) is 16.3 Å². The second-order valence-corrected chi connectivity index (χ2v) is 6.64. The maximum atomic E-state index is 14.5. The fraction of sp³-hybridized carbons (Fsp3) is 0.100. The normalized spacial score (nSPS) is 11.5. The summed E-state index contributed by atoms with van der Waals surface area (Å²) in [6, 6.07) is 11.8. The third-order valence-corrected chi connectivity index (χ3v) is 4.57. The Kier molecular flexibility index (Phi) is 4.62. The number of alkyl halides is 2. The standard InChI is InChI=1S/C20H12F3N7O/c21-16-7-11(1-4-15(16)19-26-27-20(31-19)17(22)23)10-30-28-18(25-29-30)13-2-3-14-9-24-6-5-12(14)8-13/h1-9,17H,10H2. The van der Waals surface area contributed by atoms with E-state index in [9.17, 15) is 13.2 Å². The van der Waals surface area contributed by atoms with Gasteiger partial charge >= 0.3 is 6.43 Å². The Morgan fingerprint density at radius 1 is 0.968 bits per heavy atom. The highest BCUT2D eigenvalue weighted by molar-refractivity contribution is 5.85. The van der Waals surface area contributed by atoms with E-state index in [2.05, 4.69) is 30.6 Å². The predicted octanol–water partition coefficient (Wildman–Crippen LogP) is 4.06. The molecule has 0 aliphatic carbocycles. The fourth-order valence-corrected chi connectivity index (χ4v) is 3.07. The van der Waals surface area contributed by atoms with Crippen molar-refractivity contribution < 1.29 is 17.6 Å². The number of halogens is 3. The third-order valence-electron chi connectivity index (χ3n) is 4.57. The van der Waals surface area contributed by atoms with Gasteiger partial charge in [-0.25, -0.2) is 4.39 Å². The number of pyridine rings is 1. The van der Waals surface area contributed by atoms with Gasteiger partial charge < -0.3 is 4.42 Å². The second kappa shape index (κ2) is 7.59. The molecule has 2 aromatic carbocycles. The molecule has 5 rings (SSSR count). The molecule has 0 amide bonds. The lowest BCUT2D eigenvalue weighted by Gasteiger charge is -2.03. The molecule has 154 valence electrons. The minimum absolute atomic E-state index is 0.0685. The first-order valence-electron chi connectivity index (χ1n) is 9.09. The summed E-state index contributed by atoms with van der Waals surface area (Å²) < 4.78 is 44.5. The summed E-state index contributed by atoms with van der Waals surface area (Å²) in [5.74, 6) is -1.43. The summed E-state index contributed by atoms with van der Waals surface area (Å²) in [6.07, 6.45) is 0.553. The largest absolute Gasteiger partial charge is 0.415 e. The molecule has 0 saturated heterocycles. The highest BCUT2D eigenvalue weighted by atomic mass is 19.3. The monoisotopic (exact) mass is 423 g/mol. The fourth-order valence-electron chi connectivity index (χ4n) is 3.07. The first-order valence-corrected chi connectivity index (χ1v) is 9.09. The lowest BCUT2D eigenvalue weighted by molar-refractivity contribution is 0.116. The van der Waals surface area contributed by atoms with Crippen molar-refractivity contribution in [1.82, 2.24) is 35.4 Å². The number of nitrogens with zero attached hydrogens (tertiary/aromatic N) is 7. The molecule has 5 aromatic rings. The van der Waals surface area contributed by atoms with Crippen LogP contribution in [0.3, 0.4) is 0 Å². The van der Waals surface area contributed by atoms with Gasteiger partial charge in [-0.05, 0) is 40.4 Å². The van der Waals surface area contributed by atoms with E-state index < -0.39 is 18.1 Å². The molecular formula is C20H12F3N7O. The van der Waals surface area contributed by atoms with E-state index in [4.69, 9.17) is 4.42 Å². The summed E-state index contributed by atoms with van der Waals surface area (Å²) in [6.45, 7) is 0.161. The summed E-state index contributed by atoms with van der Waals surface area (Å²) >= 11 is 0. The van der Waals surface area contributed by atoms with Gasteiger partial charge in [0.25, 0.3) is 11.8 Å². The number of hydrogen-bond acceptors (Lipinski definition) is 7. The van der Waals surface area contributed by atoms with Crippen LogP contribution in [0.2, 0.25) is 0 Å². The van der Waals surface area contributed by atoms with Crippen LogP contribution >= 0.6 is 0 Å².